The molecule has 1 aliphatic heterocycles. The number of halogens is 1. The monoisotopic (exact) mass is 297 g/mol. The van der Waals surface area contributed by atoms with Gasteiger partial charge in [0.1, 0.15) is 5.82 Å². The second-order valence-electron chi connectivity index (χ2n) is 4.82. The molecular weight excluding hydrogens is 282 g/mol. The summed E-state index contributed by atoms with van der Waals surface area (Å²) in [5.74, 6) is -0.754. The van der Waals surface area contributed by atoms with E-state index in [0.29, 0.717) is 17.4 Å². The Morgan fingerprint density at radius 3 is 2.95 bits per heavy atom. The second-order valence-corrected chi connectivity index (χ2v) is 5.26. The second kappa shape index (κ2) is 6.67. The summed E-state index contributed by atoms with van der Waals surface area (Å²) >= 11 is 5.73. The molecule has 2 heterocycles. The Kier molecular flexibility index (Phi) is 4.92. The fourth-order valence-electron chi connectivity index (χ4n) is 2.28. The molecule has 1 aliphatic rings. The number of hydrogen-bond donors (Lipinski definition) is 2. The summed E-state index contributed by atoms with van der Waals surface area (Å²) < 4.78 is 0. The van der Waals surface area contributed by atoms with Crippen LogP contribution in [0.3, 0.4) is 0 Å². The minimum atomic E-state index is -0.870. The van der Waals surface area contributed by atoms with Crippen LogP contribution in [0.25, 0.3) is 0 Å². The number of carboxylic acids is 1. The highest BCUT2D eigenvalue weighted by molar-refractivity contribution is 6.30. The highest BCUT2D eigenvalue weighted by atomic mass is 35.5. The molecule has 1 amide bonds. The van der Waals surface area contributed by atoms with Gasteiger partial charge in [0.15, 0.2) is 0 Å². The first-order valence-electron chi connectivity index (χ1n) is 6.41. The largest absolute Gasteiger partial charge is 0.480 e. The number of rotatable bonds is 4. The van der Waals surface area contributed by atoms with Crippen LogP contribution in [-0.2, 0) is 9.59 Å². The molecule has 1 fully saturated rings. The Morgan fingerprint density at radius 2 is 2.30 bits per heavy atom. The van der Waals surface area contributed by atoms with E-state index in [1.54, 1.807) is 17.0 Å². The van der Waals surface area contributed by atoms with Gasteiger partial charge in [0.25, 0.3) is 0 Å². The van der Waals surface area contributed by atoms with E-state index in [1.807, 2.05) is 0 Å². The highest BCUT2D eigenvalue weighted by Crippen LogP contribution is 2.18. The topological polar surface area (TPSA) is 82.5 Å². The molecule has 0 aromatic carbocycles. The van der Waals surface area contributed by atoms with Crippen LogP contribution in [0.2, 0.25) is 5.02 Å². The van der Waals surface area contributed by atoms with E-state index >= 15 is 0 Å². The molecular formula is C13H16ClN3O3. The highest BCUT2D eigenvalue weighted by Gasteiger charge is 2.26. The number of carbonyl (C=O) groups is 2. The molecule has 1 saturated heterocycles. The predicted molar refractivity (Wildman–Crippen MR) is 74.7 cm³/mol. The van der Waals surface area contributed by atoms with E-state index in [0.717, 1.165) is 19.4 Å². The minimum Gasteiger partial charge on any atom is -0.480 e. The Morgan fingerprint density at radius 1 is 1.50 bits per heavy atom. The zero-order valence-electron chi connectivity index (χ0n) is 10.9. The van der Waals surface area contributed by atoms with Gasteiger partial charge in [-0.2, -0.15) is 0 Å². The average Bonchev–Trinajstić information content (AvgIpc) is 2.41. The van der Waals surface area contributed by atoms with E-state index < -0.39 is 5.97 Å². The Labute approximate surface area is 121 Å². The SMILES string of the molecule is O=C(O)CN1CCC[C@H](C(=O)Nc2ccc(Cl)cn2)C1. The molecule has 2 N–H and O–H groups in total. The van der Waals surface area contributed by atoms with Gasteiger partial charge in [-0.15, -0.1) is 0 Å². The van der Waals surface area contributed by atoms with Crippen LogP contribution >= 0.6 is 11.6 Å². The van der Waals surface area contributed by atoms with E-state index in [9.17, 15) is 9.59 Å². The zero-order valence-corrected chi connectivity index (χ0v) is 11.6. The number of carboxylic acid groups (broad SMARTS) is 1. The van der Waals surface area contributed by atoms with Gasteiger partial charge >= 0.3 is 5.97 Å². The molecule has 1 atom stereocenters. The maximum absolute atomic E-state index is 12.1. The van der Waals surface area contributed by atoms with Gasteiger partial charge in [0, 0.05) is 12.7 Å². The summed E-state index contributed by atoms with van der Waals surface area (Å²) in [5.41, 5.74) is 0. The summed E-state index contributed by atoms with van der Waals surface area (Å²) in [6.45, 7) is 1.16. The number of nitrogens with one attached hydrogen (secondary N) is 1. The van der Waals surface area contributed by atoms with E-state index in [-0.39, 0.29) is 18.4 Å². The van der Waals surface area contributed by atoms with Crippen molar-refractivity contribution < 1.29 is 14.7 Å². The number of aromatic nitrogens is 1. The van der Waals surface area contributed by atoms with Gasteiger partial charge < -0.3 is 10.4 Å². The Balaban J connectivity index is 1.91. The van der Waals surface area contributed by atoms with Crippen molar-refractivity contribution in [3.63, 3.8) is 0 Å². The number of amides is 1. The first kappa shape index (κ1) is 14.7. The maximum Gasteiger partial charge on any atom is 0.317 e. The van der Waals surface area contributed by atoms with Crippen LogP contribution in [0.1, 0.15) is 12.8 Å². The third-order valence-corrected chi connectivity index (χ3v) is 3.44. The van der Waals surface area contributed by atoms with E-state index in [4.69, 9.17) is 16.7 Å². The van der Waals surface area contributed by atoms with Crippen LogP contribution in [0.4, 0.5) is 5.82 Å². The van der Waals surface area contributed by atoms with Crippen LogP contribution < -0.4 is 5.32 Å². The molecule has 0 bridgehead atoms. The van der Waals surface area contributed by atoms with Crippen LogP contribution in [0.5, 0.6) is 0 Å². The van der Waals surface area contributed by atoms with Crippen molar-refractivity contribution >= 4 is 29.3 Å². The molecule has 1 aromatic rings. The summed E-state index contributed by atoms with van der Waals surface area (Å²) in [4.78, 5) is 28.6. The number of nitrogens with zero attached hydrogens (tertiary/aromatic N) is 2. The fourth-order valence-corrected chi connectivity index (χ4v) is 2.39. The summed E-state index contributed by atoms with van der Waals surface area (Å²) in [5, 5.41) is 12.0. The van der Waals surface area contributed by atoms with Gasteiger partial charge in [-0.05, 0) is 31.5 Å². The van der Waals surface area contributed by atoms with Crippen LogP contribution in [0.15, 0.2) is 18.3 Å². The Hall–Kier alpha value is -1.66. The molecule has 0 unspecified atom stereocenters. The summed E-state index contributed by atoms with van der Waals surface area (Å²) in [7, 11) is 0. The minimum absolute atomic E-state index is 0.0248. The molecule has 108 valence electrons. The number of pyridine rings is 1. The van der Waals surface area contributed by atoms with Gasteiger partial charge in [0.05, 0.1) is 17.5 Å². The molecule has 7 heteroatoms. The first-order valence-corrected chi connectivity index (χ1v) is 6.79. The standard InChI is InChI=1S/C13H16ClN3O3/c14-10-3-4-11(15-6-10)16-13(20)9-2-1-5-17(7-9)8-12(18)19/h3-4,6,9H,1-2,5,7-8H2,(H,18,19)(H,15,16,20)/t9-/m0/s1. The van der Waals surface area contributed by atoms with Crippen molar-refractivity contribution in [1.29, 1.82) is 0 Å². The van der Waals surface area contributed by atoms with Gasteiger partial charge in [-0.1, -0.05) is 11.6 Å². The normalized spacial score (nSPS) is 19.6. The van der Waals surface area contributed by atoms with Crippen molar-refractivity contribution in [3.05, 3.63) is 23.4 Å². The van der Waals surface area contributed by atoms with Crippen molar-refractivity contribution in [2.75, 3.05) is 25.0 Å². The molecule has 1 aromatic heterocycles. The van der Waals surface area contributed by atoms with Crippen LogP contribution in [-0.4, -0.2) is 46.5 Å². The quantitative estimate of drug-likeness (QED) is 0.879. The lowest BCUT2D eigenvalue weighted by atomic mass is 9.97. The third kappa shape index (κ3) is 4.18. The third-order valence-electron chi connectivity index (χ3n) is 3.21. The van der Waals surface area contributed by atoms with Crippen molar-refractivity contribution in [2.24, 2.45) is 5.92 Å². The number of aliphatic carboxylic acids is 1. The lowest BCUT2D eigenvalue weighted by Crippen LogP contribution is -2.42. The lowest BCUT2D eigenvalue weighted by Gasteiger charge is -2.30. The molecule has 6 nitrogen and oxygen atoms in total. The number of hydrogen-bond acceptors (Lipinski definition) is 4. The van der Waals surface area contributed by atoms with Crippen molar-refractivity contribution in [3.8, 4) is 0 Å². The fraction of sp³-hybridized carbons (Fsp3) is 0.462. The smallest absolute Gasteiger partial charge is 0.317 e. The molecule has 0 spiro atoms. The van der Waals surface area contributed by atoms with Gasteiger partial charge in [-0.3, -0.25) is 14.5 Å². The van der Waals surface area contributed by atoms with Crippen molar-refractivity contribution in [1.82, 2.24) is 9.88 Å². The lowest BCUT2D eigenvalue weighted by molar-refractivity contribution is -0.139. The van der Waals surface area contributed by atoms with Crippen LogP contribution in [0, 0.1) is 5.92 Å². The Bertz CT molecular complexity index is 492. The zero-order chi connectivity index (χ0) is 14.5. The number of piperidine rings is 1. The first-order chi connectivity index (χ1) is 9.54. The molecule has 0 saturated carbocycles. The average molecular weight is 298 g/mol. The maximum atomic E-state index is 12.1. The predicted octanol–water partition coefficient (Wildman–Crippen LogP) is 1.47. The summed E-state index contributed by atoms with van der Waals surface area (Å²) in [6.07, 6.45) is 3.05. The van der Waals surface area contributed by atoms with E-state index in [1.165, 1.54) is 6.20 Å². The number of carbonyl (C=O) groups excluding carboxylic acids is 1. The molecule has 0 aliphatic carbocycles. The number of likely N-dealkylation sites (tertiary alicyclic amines) is 1. The molecule has 20 heavy (non-hydrogen) atoms. The van der Waals surface area contributed by atoms with E-state index in [2.05, 4.69) is 10.3 Å². The molecule has 2 rings (SSSR count). The summed E-state index contributed by atoms with van der Waals surface area (Å²) in [6, 6.07) is 3.29. The van der Waals surface area contributed by atoms with Gasteiger partial charge in [0.2, 0.25) is 5.91 Å². The molecule has 0 radical (unpaired) electrons. The van der Waals surface area contributed by atoms with Gasteiger partial charge in [-0.25, -0.2) is 4.98 Å². The van der Waals surface area contributed by atoms with Crippen molar-refractivity contribution in [2.45, 2.75) is 12.8 Å². The number of anilines is 1.